The first-order valence-corrected chi connectivity index (χ1v) is 6.87. The van der Waals surface area contributed by atoms with Gasteiger partial charge < -0.3 is 25.1 Å². The number of fused-ring (bicyclic) bond motifs is 1. The molecule has 2 saturated heterocycles. The van der Waals surface area contributed by atoms with Crippen LogP contribution in [0.2, 0.25) is 0 Å². The standard InChI is InChI=1S/C12H20N4O4/c1-3-14-9-10(15(4-2)12(14)20)16(11(19)13-9)7-5-6-8(17)18/h9-10H,3-7H2,1-2H3,(H,13,19)(H,17,18)/t9-,10-/m0/s1. The summed E-state index contributed by atoms with van der Waals surface area (Å²) in [6.07, 6.45) is -0.290. The van der Waals surface area contributed by atoms with Crippen LogP contribution in [0.25, 0.3) is 0 Å². The molecule has 20 heavy (non-hydrogen) atoms. The molecule has 0 radical (unpaired) electrons. The number of carbonyl (C=O) groups is 3. The fourth-order valence-corrected chi connectivity index (χ4v) is 2.84. The van der Waals surface area contributed by atoms with E-state index in [0.717, 1.165) is 0 Å². The third-order valence-electron chi connectivity index (χ3n) is 3.75. The molecule has 0 bridgehead atoms. The molecule has 2 heterocycles. The molecule has 8 heteroatoms. The SMILES string of the molecule is CCN1C(=O)N(CC)[C@@H]2NC(=O)N(CCCC(=O)O)[C@@H]21. The molecule has 0 unspecified atom stereocenters. The number of urea groups is 2. The summed E-state index contributed by atoms with van der Waals surface area (Å²) in [6, 6.07) is -0.331. The minimum absolute atomic E-state index is 0.0126. The van der Waals surface area contributed by atoms with Crippen LogP contribution in [-0.4, -0.2) is 69.8 Å². The highest BCUT2D eigenvalue weighted by atomic mass is 16.4. The lowest BCUT2D eigenvalue weighted by Gasteiger charge is -2.28. The minimum Gasteiger partial charge on any atom is -0.481 e. The van der Waals surface area contributed by atoms with Crippen LogP contribution in [-0.2, 0) is 4.79 Å². The van der Waals surface area contributed by atoms with Crippen molar-refractivity contribution in [3.05, 3.63) is 0 Å². The number of likely N-dealkylation sites (N-methyl/N-ethyl adjacent to an activating group) is 2. The molecule has 0 aliphatic carbocycles. The Labute approximate surface area is 117 Å². The highest BCUT2D eigenvalue weighted by Gasteiger charge is 2.53. The first kappa shape index (κ1) is 14.4. The van der Waals surface area contributed by atoms with Gasteiger partial charge in [-0.25, -0.2) is 9.59 Å². The average Bonchev–Trinajstić information content (AvgIpc) is 2.82. The second-order valence-corrected chi connectivity index (χ2v) is 4.85. The number of carboxylic acid groups (broad SMARTS) is 1. The van der Waals surface area contributed by atoms with E-state index in [9.17, 15) is 14.4 Å². The zero-order chi connectivity index (χ0) is 14.9. The van der Waals surface area contributed by atoms with Crippen molar-refractivity contribution in [2.75, 3.05) is 19.6 Å². The molecule has 0 aromatic heterocycles. The summed E-state index contributed by atoms with van der Waals surface area (Å²) in [4.78, 5) is 39.6. The predicted octanol–water partition coefficient (Wildman–Crippen LogP) is 0.306. The topological polar surface area (TPSA) is 93.2 Å². The second kappa shape index (κ2) is 5.56. The van der Waals surface area contributed by atoms with Gasteiger partial charge in [0.2, 0.25) is 0 Å². The van der Waals surface area contributed by atoms with Crippen LogP contribution < -0.4 is 5.32 Å². The number of rotatable bonds is 6. The van der Waals surface area contributed by atoms with Crippen LogP contribution in [0.4, 0.5) is 9.59 Å². The Morgan fingerprint density at radius 1 is 1.20 bits per heavy atom. The van der Waals surface area contributed by atoms with Crippen molar-refractivity contribution >= 4 is 18.0 Å². The van der Waals surface area contributed by atoms with Gasteiger partial charge in [0.15, 0.2) is 0 Å². The van der Waals surface area contributed by atoms with E-state index in [-0.39, 0.29) is 30.8 Å². The Kier molecular flexibility index (Phi) is 4.01. The van der Waals surface area contributed by atoms with Gasteiger partial charge in [0, 0.05) is 26.1 Å². The predicted molar refractivity (Wildman–Crippen MR) is 69.8 cm³/mol. The normalized spacial score (nSPS) is 25.2. The second-order valence-electron chi connectivity index (χ2n) is 4.85. The van der Waals surface area contributed by atoms with Crippen LogP contribution in [0.1, 0.15) is 26.7 Å². The monoisotopic (exact) mass is 284 g/mol. The smallest absolute Gasteiger partial charge is 0.323 e. The highest BCUT2D eigenvalue weighted by molar-refractivity contribution is 5.85. The first-order chi connectivity index (χ1) is 9.51. The Bertz CT molecular complexity index is 428. The van der Waals surface area contributed by atoms with Crippen molar-refractivity contribution in [1.29, 1.82) is 0 Å². The minimum atomic E-state index is -0.883. The number of aliphatic carboxylic acids is 1. The average molecular weight is 284 g/mol. The molecule has 112 valence electrons. The van der Waals surface area contributed by atoms with Gasteiger partial charge in [-0.1, -0.05) is 0 Å². The summed E-state index contributed by atoms with van der Waals surface area (Å²) in [6.45, 7) is 5.11. The Hall–Kier alpha value is -1.99. The lowest BCUT2D eigenvalue weighted by Crippen LogP contribution is -2.46. The van der Waals surface area contributed by atoms with Crippen molar-refractivity contribution in [2.45, 2.75) is 39.0 Å². The summed E-state index contributed by atoms with van der Waals surface area (Å²) in [5, 5.41) is 11.5. The fraction of sp³-hybridized carbons (Fsp3) is 0.750. The molecular formula is C12H20N4O4. The number of nitrogens with zero attached hydrogens (tertiary/aromatic N) is 3. The molecule has 2 rings (SSSR count). The zero-order valence-corrected chi connectivity index (χ0v) is 11.7. The van der Waals surface area contributed by atoms with Crippen molar-refractivity contribution in [1.82, 2.24) is 20.0 Å². The molecule has 0 saturated carbocycles. The third kappa shape index (κ3) is 2.25. The van der Waals surface area contributed by atoms with E-state index in [0.29, 0.717) is 26.1 Å². The van der Waals surface area contributed by atoms with Crippen LogP contribution in [0, 0.1) is 0 Å². The number of hydrogen-bond acceptors (Lipinski definition) is 3. The van der Waals surface area contributed by atoms with Gasteiger partial charge in [-0.05, 0) is 20.3 Å². The largest absolute Gasteiger partial charge is 0.481 e. The summed E-state index contributed by atoms with van der Waals surface area (Å²) in [7, 11) is 0. The van der Waals surface area contributed by atoms with E-state index in [1.807, 2.05) is 13.8 Å². The summed E-state index contributed by atoms with van der Waals surface area (Å²) < 4.78 is 0. The number of carboxylic acids is 1. The lowest BCUT2D eigenvalue weighted by molar-refractivity contribution is -0.137. The molecule has 2 fully saturated rings. The van der Waals surface area contributed by atoms with Gasteiger partial charge >= 0.3 is 18.0 Å². The summed E-state index contributed by atoms with van der Waals surface area (Å²) >= 11 is 0. The Balaban J connectivity index is 2.11. The Morgan fingerprint density at radius 2 is 1.85 bits per heavy atom. The van der Waals surface area contributed by atoms with E-state index >= 15 is 0 Å². The lowest BCUT2D eigenvalue weighted by atomic mass is 10.2. The van der Waals surface area contributed by atoms with Gasteiger partial charge in [-0.2, -0.15) is 0 Å². The summed E-state index contributed by atoms with van der Waals surface area (Å²) in [5.41, 5.74) is 0. The number of amides is 4. The molecule has 2 N–H and O–H groups in total. The summed E-state index contributed by atoms with van der Waals surface area (Å²) in [5.74, 6) is -0.883. The molecule has 8 nitrogen and oxygen atoms in total. The van der Waals surface area contributed by atoms with E-state index in [1.165, 1.54) is 0 Å². The van der Waals surface area contributed by atoms with E-state index < -0.39 is 5.97 Å². The third-order valence-corrected chi connectivity index (χ3v) is 3.75. The van der Waals surface area contributed by atoms with Crippen LogP contribution >= 0.6 is 0 Å². The van der Waals surface area contributed by atoms with Crippen molar-refractivity contribution in [2.24, 2.45) is 0 Å². The maximum Gasteiger partial charge on any atom is 0.323 e. The fourth-order valence-electron chi connectivity index (χ4n) is 2.84. The van der Waals surface area contributed by atoms with Crippen LogP contribution in [0.3, 0.4) is 0 Å². The number of nitrogens with one attached hydrogen (secondary N) is 1. The van der Waals surface area contributed by atoms with E-state index in [2.05, 4.69) is 5.32 Å². The van der Waals surface area contributed by atoms with Crippen LogP contribution in [0.15, 0.2) is 0 Å². The molecular weight excluding hydrogens is 264 g/mol. The number of carbonyl (C=O) groups excluding carboxylic acids is 2. The molecule has 4 amide bonds. The van der Waals surface area contributed by atoms with Gasteiger partial charge in [0.05, 0.1) is 0 Å². The highest BCUT2D eigenvalue weighted by Crippen LogP contribution is 2.28. The maximum absolute atomic E-state index is 12.2. The quantitative estimate of drug-likeness (QED) is 0.734. The number of hydrogen-bond donors (Lipinski definition) is 2. The van der Waals surface area contributed by atoms with Crippen molar-refractivity contribution in [3.63, 3.8) is 0 Å². The molecule has 0 aromatic carbocycles. The molecule has 2 aliphatic heterocycles. The molecule has 2 atom stereocenters. The molecule has 0 spiro atoms. The molecule has 0 aromatic rings. The van der Waals surface area contributed by atoms with Gasteiger partial charge in [-0.15, -0.1) is 0 Å². The van der Waals surface area contributed by atoms with Gasteiger partial charge in [-0.3, -0.25) is 4.79 Å². The first-order valence-electron chi connectivity index (χ1n) is 6.87. The van der Waals surface area contributed by atoms with Crippen molar-refractivity contribution in [3.8, 4) is 0 Å². The Morgan fingerprint density at radius 3 is 2.40 bits per heavy atom. The van der Waals surface area contributed by atoms with Gasteiger partial charge in [0.1, 0.15) is 12.3 Å². The van der Waals surface area contributed by atoms with Crippen molar-refractivity contribution < 1.29 is 19.5 Å². The zero-order valence-electron chi connectivity index (χ0n) is 11.7. The van der Waals surface area contributed by atoms with Crippen LogP contribution in [0.5, 0.6) is 0 Å². The van der Waals surface area contributed by atoms with Gasteiger partial charge in [0.25, 0.3) is 0 Å². The van der Waals surface area contributed by atoms with E-state index in [1.54, 1.807) is 14.7 Å². The van der Waals surface area contributed by atoms with E-state index in [4.69, 9.17) is 5.11 Å². The molecule has 2 aliphatic rings. The maximum atomic E-state index is 12.2.